The topological polar surface area (TPSA) is 61.8 Å². The van der Waals surface area contributed by atoms with Crippen LogP contribution in [0.25, 0.3) is 0 Å². The van der Waals surface area contributed by atoms with Crippen molar-refractivity contribution in [3.05, 3.63) is 0 Å². The lowest BCUT2D eigenvalue weighted by Gasteiger charge is -2.38. The minimum absolute atomic E-state index is 0.173. The fourth-order valence-electron chi connectivity index (χ4n) is 2.06. The van der Waals surface area contributed by atoms with Gasteiger partial charge in [0.1, 0.15) is 0 Å². The lowest BCUT2D eigenvalue weighted by molar-refractivity contribution is -0.163. The van der Waals surface area contributed by atoms with E-state index in [-0.39, 0.29) is 47.8 Å². The molecule has 2 atom stereocenters. The second-order valence-corrected chi connectivity index (χ2v) is 7.86. The van der Waals surface area contributed by atoms with Crippen LogP contribution in [0.1, 0.15) is 68.2 Å². The molecular weight excluding hydrogens is 296 g/mol. The largest absolute Gasteiger partial charge is 0.466 e. The summed E-state index contributed by atoms with van der Waals surface area (Å²) in [5, 5.41) is 0. The summed E-state index contributed by atoms with van der Waals surface area (Å²) in [5.41, 5.74) is -0.490. The molecule has 0 aliphatic carbocycles. The fraction of sp³-hybridized carbons (Fsp3) is 0.889. The van der Waals surface area contributed by atoms with Gasteiger partial charge in [0.15, 0.2) is 0 Å². The Morgan fingerprint density at radius 2 is 1.04 bits per heavy atom. The molecule has 23 heavy (non-hydrogen) atoms. The molecule has 0 rings (SSSR count). The molecule has 0 aromatic rings. The molecule has 2 unspecified atom stereocenters. The van der Waals surface area contributed by atoms with Gasteiger partial charge in [0.05, 0.1) is 38.3 Å². The van der Waals surface area contributed by atoms with Gasteiger partial charge in [-0.25, -0.2) is 0 Å². The number of carbonyl (C=O) groups is 2. The number of esters is 2. The van der Waals surface area contributed by atoms with Crippen LogP contribution in [0.2, 0.25) is 0 Å². The molecule has 0 heterocycles. The summed E-state index contributed by atoms with van der Waals surface area (Å²) in [5.74, 6) is -0.563. The fourth-order valence-corrected chi connectivity index (χ4v) is 2.06. The maximum atomic E-state index is 11.9. The minimum Gasteiger partial charge on any atom is -0.466 e. The average Bonchev–Trinajstić information content (AvgIpc) is 2.35. The predicted molar refractivity (Wildman–Crippen MR) is 90.1 cm³/mol. The molecule has 0 saturated heterocycles. The second kappa shape index (κ2) is 9.26. The van der Waals surface area contributed by atoms with Crippen molar-refractivity contribution in [1.82, 2.24) is 0 Å². The van der Waals surface area contributed by atoms with Crippen molar-refractivity contribution in [2.45, 2.75) is 80.4 Å². The van der Waals surface area contributed by atoms with E-state index in [9.17, 15) is 9.59 Å². The standard InChI is InChI=1S/C18H34O5/c1-9-21-15(19)11-13(17(3,4)5)23-14(18(6,7)8)12-16(20)22-10-2/h13-14H,9-12H2,1-8H3. The summed E-state index contributed by atoms with van der Waals surface area (Å²) in [7, 11) is 0. The summed E-state index contributed by atoms with van der Waals surface area (Å²) >= 11 is 0. The van der Waals surface area contributed by atoms with E-state index in [0.29, 0.717) is 13.2 Å². The number of ether oxygens (including phenoxy) is 3. The number of hydrogen-bond donors (Lipinski definition) is 0. The van der Waals surface area contributed by atoms with Gasteiger partial charge >= 0.3 is 11.9 Å². The Bertz CT molecular complexity index is 340. The molecule has 0 saturated carbocycles. The Labute approximate surface area is 141 Å². The van der Waals surface area contributed by atoms with Gasteiger partial charge in [-0.05, 0) is 24.7 Å². The summed E-state index contributed by atoms with van der Waals surface area (Å²) in [6.45, 7) is 16.3. The number of rotatable bonds is 8. The Morgan fingerprint density at radius 1 is 0.739 bits per heavy atom. The normalized spacial score (nSPS) is 15.0. The average molecular weight is 330 g/mol. The molecule has 0 aliphatic rings. The van der Waals surface area contributed by atoms with Crippen molar-refractivity contribution in [3.8, 4) is 0 Å². The van der Waals surface area contributed by atoms with Gasteiger partial charge in [0.25, 0.3) is 0 Å². The lowest BCUT2D eigenvalue weighted by Crippen LogP contribution is -2.41. The Kier molecular flexibility index (Phi) is 8.82. The van der Waals surface area contributed by atoms with Crippen LogP contribution in [0.4, 0.5) is 0 Å². The van der Waals surface area contributed by atoms with Gasteiger partial charge in [0.2, 0.25) is 0 Å². The quantitative estimate of drug-likeness (QED) is 0.634. The highest BCUT2D eigenvalue weighted by Gasteiger charge is 2.36. The summed E-state index contributed by atoms with van der Waals surface area (Å²) in [4.78, 5) is 23.7. The minimum atomic E-state index is -0.333. The number of hydrogen-bond acceptors (Lipinski definition) is 5. The van der Waals surface area contributed by atoms with Crippen LogP contribution >= 0.6 is 0 Å². The zero-order valence-corrected chi connectivity index (χ0v) is 16.0. The first-order chi connectivity index (χ1) is 10.4. The van der Waals surface area contributed by atoms with Crippen molar-refractivity contribution in [2.75, 3.05) is 13.2 Å². The first-order valence-electron chi connectivity index (χ1n) is 8.38. The Balaban J connectivity index is 5.12. The van der Waals surface area contributed by atoms with Crippen LogP contribution < -0.4 is 0 Å². The lowest BCUT2D eigenvalue weighted by atomic mass is 9.83. The molecule has 0 aromatic heterocycles. The highest BCUT2D eigenvalue weighted by Crippen LogP contribution is 2.33. The van der Waals surface area contributed by atoms with E-state index >= 15 is 0 Å². The van der Waals surface area contributed by atoms with Crippen molar-refractivity contribution in [1.29, 1.82) is 0 Å². The van der Waals surface area contributed by atoms with E-state index in [1.807, 2.05) is 41.5 Å². The third-order valence-corrected chi connectivity index (χ3v) is 3.58. The van der Waals surface area contributed by atoms with Gasteiger partial charge in [0, 0.05) is 0 Å². The van der Waals surface area contributed by atoms with Crippen LogP contribution in [0.5, 0.6) is 0 Å². The van der Waals surface area contributed by atoms with Gasteiger partial charge < -0.3 is 14.2 Å². The monoisotopic (exact) mass is 330 g/mol. The maximum absolute atomic E-state index is 11.9. The molecule has 5 nitrogen and oxygen atoms in total. The van der Waals surface area contributed by atoms with Gasteiger partial charge in [-0.2, -0.15) is 0 Å². The third kappa shape index (κ3) is 8.94. The van der Waals surface area contributed by atoms with Crippen LogP contribution in [0.3, 0.4) is 0 Å². The molecule has 0 aliphatic heterocycles. The van der Waals surface area contributed by atoms with E-state index in [1.54, 1.807) is 13.8 Å². The molecule has 0 amide bonds. The SMILES string of the molecule is CCOC(=O)CC(OC(CC(=O)OCC)C(C)(C)C)C(C)(C)C. The summed E-state index contributed by atoms with van der Waals surface area (Å²) in [6, 6.07) is 0. The van der Waals surface area contributed by atoms with Gasteiger partial charge in [-0.1, -0.05) is 41.5 Å². The zero-order valence-electron chi connectivity index (χ0n) is 16.0. The van der Waals surface area contributed by atoms with Gasteiger partial charge in [-0.3, -0.25) is 9.59 Å². The first-order valence-corrected chi connectivity index (χ1v) is 8.38. The Hall–Kier alpha value is -1.10. The third-order valence-electron chi connectivity index (χ3n) is 3.58. The maximum Gasteiger partial charge on any atom is 0.308 e. The molecule has 0 spiro atoms. The molecular formula is C18H34O5. The first kappa shape index (κ1) is 21.9. The van der Waals surface area contributed by atoms with E-state index < -0.39 is 0 Å². The molecule has 0 N–H and O–H groups in total. The van der Waals surface area contributed by atoms with Crippen molar-refractivity contribution in [2.24, 2.45) is 10.8 Å². The molecule has 0 radical (unpaired) electrons. The van der Waals surface area contributed by atoms with E-state index in [2.05, 4.69) is 0 Å². The summed E-state index contributed by atoms with van der Waals surface area (Å²) in [6.07, 6.45) is -0.320. The van der Waals surface area contributed by atoms with Crippen LogP contribution in [-0.4, -0.2) is 37.4 Å². The second-order valence-electron chi connectivity index (χ2n) is 7.86. The molecule has 5 heteroatoms. The van der Waals surface area contributed by atoms with Gasteiger partial charge in [-0.15, -0.1) is 0 Å². The predicted octanol–water partition coefficient (Wildman–Crippen LogP) is 3.74. The van der Waals surface area contributed by atoms with Crippen LogP contribution in [0.15, 0.2) is 0 Å². The Morgan fingerprint density at radius 3 is 1.26 bits per heavy atom. The summed E-state index contributed by atoms with van der Waals surface area (Å²) < 4.78 is 16.3. The molecule has 0 bridgehead atoms. The number of carbonyl (C=O) groups excluding carboxylic acids is 2. The van der Waals surface area contributed by atoms with E-state index in [4.69, 9.17) is 14.2 Å². The molecule has 0 fully saturated rings. The molecule has 136 valence electrons. The van der Waals surface area contributed by atoms with Crippen molar-refractivity contribution >= 4 is 11.9 Å². The zero-order chi connectivity index (χ0) is 18.3. The van der Waals surface area contributed by atoms with E-state index in [0.717, 1.165) is 0 Å². The molecule has 0 aromatic carbocycles. The van der Waals surface area contributed by atoms with Crippen molar-refractivity contribution < 1.29 is 23.8 Å². The van der Waals surface area contributed by atoms with E-state index in [1.165, 1.54) is 0 Å². The smallest absolute Gasteiger partial charge is 0.308 e. The highest BCUT2D eigenvalue weighted by atomic mass is 16.5. The van der Waals surface area contributed by atoms with Crippen LogP contribution in [-0.2, 0) is 23.8 Å². The van der Waals surface area contributed by atoms with Crippen molar-refractivity contribution in [3.63, 3.8) is 0 Å². The van der Waals surface area contributed by atoms with Crippen LogP contribution in [0, 0.1) is 10.8 Å². The highest BCUT2D eigenvalue weighted by molar-refractivity contribution is 5.70.